The van der Waals surface area contributed by atoms with Gasteiger partial charge in [-0.2, -0.15) is 0 Å². The standard InChI is InChI=1S/C21H17N3O5/c1-29-19-9-5-4-8-16(19)23-20(13-10-11-18(25)17(12-13)24(27)28)22-15-7-3-2-6-14(15)21(23)26/h2-12,20,22,25H,1H3/p-1/t20-/m0/s1. The van der Waals surface area contributed by atoms with Crippen LogP contribution in [0.3, 0.4) is 0 Å². The third-order valence-corrected chi connectivity index (χ3v) is 4.77. The van der Waals surface area contributed by atoms with Gasteiger partial charge >= 0.3 is 0 Å². The van der Waals surface area contributed by atoms with E-state index in [9.17, 15) is 20.0 Å². The van der Waals surface area contributed by atoms with E-state index in [1.807, 2.05) is 0 Å². The van der Waals surface area contributed by atoms with E-state index in [1.54, 1.807) is 48.5 Å². The predicted octanol–water partition coefficient (Wildman–Crippen LogP) is 3.45. The fourth-order valence-electron chi connectivity index (χ4n) is 3.41. The van der Waals surface area contributed by atoms with Gasteiger partial charge in [0.05, 0.1) is 23.3 Å². The number of fused-ring (bicyclic) bond motifs is 1. The number of ether oxygens (including phenoxy) is 1. The molecule has 8 heteroatoms. The van der Waals surface area contributed by atoms with Crippen molar-refractivity contribution < 1.29 is 19.6 Å². The Morgan fingerprint density at radius 2 is 1.79 bits per heavy atom. The first kappa shape index (κ1) is 18.3. The van der Waals surface area contributed by atoms with Gasteiger partial charge in [0.2, 0.25) is 0 Å². The Bertz CT molecular complexity index is 1110. The first-order valence-electron chi connectivity index (χ1n) is 8.78. The van der Waals surface area contributed by atoms with Crippen molar-refractivity contribution in [1.82, 2.24) is 0 Å². The van der Waals surface area contributed by atoms with Crippen molar-refractivity contribution in [3.8, 4) is 11.5 Å². The number of benzene rings is 3. The highest BCUT2D eigenvalue weighted by atomic mass is 16.6. The number of anilines is 2. The summed E-state index contributed by atoms with van der Waals surface area (Å²) in [5.74, 6) is -0.505. The van der Waals surface area contributed by atoms with Crippen LogP contribution < -0.4 is 20.1 Å². The molecule has 3 aromatic rings. The second kappa shape index (κ2) is 7.16. The zero-order valence-electron chi connectivity index (χ0n) is 15.4. The average molecular weight is 390 g/mol. The molecule has 1 aliphatic rings. The van der Waals surface area contributed by atoms with Gasteiger partial charge in [0, 0.05) is 17.3 Å². The van der Waals surface area contributed by atoms with Crippen LogP contribution in [0.25, 0.3) is 0 Å². The summed E-state index contributed by atoms with van der Waals surface area (Å²) in [5.41, 5.74) is 1.42. The molecule has 29 heavy (non-hydrogen) atoms. The van der Waals surface area contributed by atoms with Crippen LogP contribution >= 0.6 is 0 Å². The van der Waals surface area contributed by atoms with Crippen molar-refractivity contribution in [3.63, 3.8) is 0 Å². The molecular formula is C21H16N3O5-. The number of para-hydroxylation sites is 3. The van der Waals surface area contributed by atoms with E-state index in [0.717, 1.165) is 6.07 Å². The van der Waals surface area contributed by atoms with Gasteiger partial charge in [0.1, 0.15) is 11.9 Å². The van der Waals surface area contributed by atoms with Crippen LogP contribution in [0.4, 0.5) is 17.1 Å². The van der Waals surface area contributed by atoms with E-state index >= 15 is 0 Å². The number of methoxy groups -OCH3 is 1. The lowest BCUT2D eigenvalue weighted by Gasteiger charge is -2.38. The maximum Gasteiger partial charge on any atom is 0.262 e. The molecule has 146 valence electrons. The molecule has 0 aliphatic carbocycles. The van der Waals surface area contributed by atoms with Gasteiger partial charge < -0.3 is 15.2 Å². The number of hydrogen-bond donors (Lipinski definition) is 1. The fourth-order valence-corrected chi connectivity index (χ4v) is 3.41. The van der Waals surface area contributed by atoms with Gasteiger partial charge in [-0.25, -0.2) is 0 Å². The van der Waals surface area contributed by atoms with E-state index in [0.29, 0.717) is 28.3 Å². The zero-order valence-corrected chi connectivity index (χ0v) is 15.4. The van der Waals surface area contributed by atoms with Gasteiger partial charge in [-0.05, 0) is 30.0 Å². The summed E-state index contributed by atoms with van der Waals surface area (Å²) in [5, 5.41) is 26.4. The molecule has 0 fully saturated rings. The van der Waals surface area contributed by atoms with Gasteiger partial charge in [0.25, 0.3) is 11.6 Å². The summed E-state index contributed by atoms with van der Waals surface area (Å²) in [6.45, 7) is 0. The Hall–Kier alpha value is -4.07. The molecular weight excluding hydrogens is 374 g/mol. The molecule has 1 heterocycles. The number of rotatable bonds is 4. The number of nitro benzene ring substituents is 1. The van der Waals surface area contributed by atoms with Crippen LogP contribution in [0.15, 0.2) is 66.7 Å². The summed E-state index contributed by atoms with van der Waals surface area (Å²) in [7, 11) is 1.50. The monoisotopic (exact) mass is 390 g/mol. The van der Waals surface area contributed by atoms with E-state index < -0.39 is 22.5 Å². The molecule has 0 unspecified atom stereocenters. The van der Waals surface area contributed by atoms with E-state index in [1.165, 1.54) is 24.1 Å². The van der Waals surface area contributed by atoms with Crippen LogP contribution in [0, 0.1) is 10.1 Å². The molecule has 0 saturated carbocycles. The summed E-state index contributed by atoms with van der Waals surface area (Å²) >= 11 is 0. The lowest BCUT2D eigenvalue weighted by molar-refractivity contribution is -0.398. The smallest absolute Gasteiger partial charge is 0.262 e. The maximum absolute atomic E-state index is 13.4. The molecule has 8 nitrogen and oxygen atoms in total. The van der Waals surface area contributed by atoms with E-state index in [-0.39, 0.29) is 5.91 Å². The second-order valence-electron chi connectivity index (χ2n) is 6.42. The minimum Gasteiger partial charge on any atom is -0.868 e. The summed E-state index contributed by atoms with van der Waals surface area (Å²) in [4.78, 5) is 25.4. The number of carbonyl (C=O) groups excluding carboxylic acids is 1. The number of nitrogens with zero attached hydrogens (tertiary/aromatic N) is 2. The first-order valence-corrected chi connectivity index (χ1v) is 8.78. The molecule has 1 aliphatic heterocycles. The van der Waals surface area contributed by atoms with Crippen LogP contribution in [-0.4, -0.2) is 17.9 Å². The molecule has 0 spiro atoms. The van der Waals surface area contributed by atoms with Crippen molar-refractivity contribution in [2.24, 2.45) is 0 Å². The summed E-state index contributed by atoms with van der Waals surface area (Å²) in [6, 6.07) is 17.8. The van der Waals surface area contributed by atoms with Gasteiger partial charge in [-0.3, -0.25) is 19.8 Å². The maximum atomic E-state index is 13.4. The number of nitrogens with one attached hydrogen (secondary N) is 1. The Morgan fingerprint density at radius 3 is 2.55 bits per heavy atom. The second-order valence-corrected chi connectivity index (χ2v) is 6.42. The topological polar surface area (TPSA) is 108 Å². The molecule has 1 N–H and O–H groups in total. The fraction of sp³-hybridized carbons (Fsp3) is 0.0952. The quantitative estimate of drug-likeness (QED) is 0.540. The van der Waals surface area contributed by atoms with Crippen LogP contribution in [0.2, 0.25) is 0 Å². The van der Waals surface area contributed by atoms with Crippen molar-refractivity contribution in [1.29, 1.82) is 0 Å². The van der Waals surface area contributed by atoms with Crippen LogP contribution in [0.5, 0.6) is 11.5 Å². The predicted molar refractivity (Wildman–Crippen MR) is 105 cm³/mol. The largest absolute Gasteiger partial charge is 0.868 e. The van der Waals surface area contributed by atoms with E-state index in [2.05, 4.69) is 5.32 Å². The van der Waals surface area contributed by atoms with Crippen LogP contribution in [0.1, 0.15) is 22.1 Å². The number of carbonyl (C=O) groups is 1. The molecule has 1 atom stereocenters. The SMILES string of the molecule is COc1ccccc1N1C(=O)c2ccccc2N[C@@H]1c1ccc([O-])c([N+](=O)[O-])c1. The Balaban J connectivity index is 1.91. The molecule has 0 saturated heterocycles. The van der Waals surface area contributed by atoms with Crippen molar-refractivity contribution in [3.05, 3.63) is 88.0 Å². The van der Waals surface area contributed by atoms with Crippen molar-refractivity contribution in [2.45, 2.75) is 6.17 Å². The Kier molecular flexibility index (Phi) is 4.52. The highest BCUT2D eigenvalue weighted by molar-refractivity contribution is 6.12. The molecule has 0 bridgehead atoms. The highest BCUT2D eigenvalue weighted by Gasteiger charge is 2.36. The number of hydrogen-bond acceptors (Lipinski definition) is 6. The lowest BCUT2D eigenvalue weighted by Crippen LogP contribution is -2.43. The molecule has 1 amide bonds. The van der Waals surface area contributed by atoms with Gasteiger partial charge in [-0.15, -0.1) is 0 Å². The third kappa shape index (κ3) is 3.10. The number of nitro groups is 1. The van der Waals surface area contributed by atoms with Gasteiger partial charge in [0.15, 0.2) is 0 Å². The summed E-state index contributed by atoms with van der Waals surface area (Å²) in [6.07, 6.45) is -0.770. The van der Waals surface area contributed by atoms with Crippen molar-refractivity contribution >= 4 is 23.0 Å². The molecule has 3 aromatic carbocycles. The minimum absolute atomic E-state index is 0.289. The highest BCUT2D eigenvalue weighted by Crippen LogP contribution is 2.41. The normalized spacial score (nSPS) is 15.4. The molecule has 0 aromatic heterocycles. The van der Waals surface area contributed by atoms with Crippen molar-refractivity contribution in [2.75, 3.05) is 17.3 Å². The number of amides is 1. The third-order valence-electron chi connectivity index (χ3n) is 4.77. The van der Waals surface area contributed by atoms with E-state index in [4.69, 9.17) is 4.74 Å². The first-order chi connectivity index (χ1) is 14.0. The summed E-state index contributed by atoms with van der Waals surface area (Å²) < 4.78 is 5.42. The lowest BCUT2D eigenvalue weighted by atomic mass is 10.0. The van der Waals surface area contributed by atoms with Crippen LogP contribution in [-0.2, 0) is 0 Å². The minimum atomic E-state index is -0.770. The Labute approximate surface area is 166 Å². The zero-order chi connectivity index (χ0) is 20.5. The molecule has 4 rings (SSSR count). The van der Waals surface area contributed by atoms with Gasteiger partial charge in [-0.1, -0.05) is 36.4 Å². The average Bonchev–Trinajstić information content (AvgIpc) is 2.74. The molecule has 0 radical (unpaired) electrons. The Morgan fingerprint density at radius 1 is 1.07 bits per heavy atom.